The number of ether oxygens (including phenoxy) is 1. The molecule has 0 spiro atoms. The Labute approximate surface area is 83.5 Å². The van der Waals surface area contributed by atoms with Gasteiger partial charge in [0, 0.05) is 24.2 Å². The Bertz CT molecular complexity index is 302. The van der Waals surface area contributed by atoms with Gasteiger partial charge in [-0.15, -0.1) is 0 Å². The van der Waals surface area contributed by atoms with Crippen molar-refractivity contribution in [1.29, 1.82) is 0 Å². The van der Waals surface area contributed by atoms with Gasteiger partial charge in [-0.1, -0.05) is 13.2 Å². The van der Waals surface area contributed by atoms with Crippen molar-refractivity contribution in [3.8, 4) is 0 Å². The fourth-order valence-electron chi connectivity index (χ4n) is 0.552. The number of methoxy groups -OCH3 is 1. The Balaban J connectivity index is 0.000000241. The molecule has 0 fully saturated rings. The highest BCUT2D eigenvalue weighted by Crippen LogP contribution is 1.87. The zero-order valence-corrected chi connectivity index (χ0v) is 8.43. The van der Waals surface area contributed by atoms with Gasteiger partial charge in [0.25, 0.3) is 0 Å². The minimum absolute atomic E-state index is 0.347. The van der Waals surface area contributed by atoms with Crippen LogP contribution in [0.25, 0.3) is 6.20 Å². The molecule has 14 heavy (non-hydrogen) atoms. The molecule has 0 radical (unpaired) electrons. The highest BCUT2D eigenvalue weighted by Gasteiger charge is 1.95. The Kier molecular flexibility index (Phi) is 5.78. The van der Waals surface area contributed by atoms with Crippen LogP contribution in [0.15, 0.2) is 37.5 Å². The van der Waals surface area contributed by atoms with Crippen LogP contribution >= 0.6 is 0 Å². The van der Waals surface area contributed by atoms with E-state index in [9.17, 15) is 4.79 Å². The van der Waals surface area contributed by atoms with Crippen LogP contribution in [0.1, 0.15) is 6.92 Å². The molecule has 0 bridgehead atoms. The van der Waals surface area contributed by atoms with E-state index in [0.717, 1.165) is 0 Å². The van der Waals surface area contributed by atoms with Crippen molar-refractivity contribution >= 4 is 12.2 Å². The number of carbonyl (C=O) groups excluding carboxylic acids is 1. The van der Waals surface area contributed by atoms with E-state index in [0.29, 0.717) is 5.57 Å². The third-order valence-corrected chi connectivity index (χ3v) is 1.27. The average Bonchev–Trinajstić information content (AvgIpc) is 2.69. The molecule has 1 aromatic heterocycles. The van der Waals surface area contributed by atoms with Gasteiger partial charge in [-0.3, -0.25) is 0 Å². The summed E-state index contributed by atoms with van der Waals surface area (Å²) < 4.78 is 6.05. The molecule has 0 aliphatic rings. The molecule has 0 atom stereocenters. The lowest BCUT2D eigenvalue weighted by atomic mass is 10.4. The number of imidazole rings is 1. The fourth-order valence-corrected chi connectivity index (χ4v) is 0.552. The largest absolute Gasteiger partial charge is 0.466 e. The smallest absolute Gasteiger partial charge is 0.332 e. The molecule has 0 unspecified atom stereocenters. The Morgan fingerprint density at radius 1 is 1.64 bits per heavy atom. The third-order valence-electron chi connectivity index (χ3n) is 1.27. The quantitative estimate of drug-likeness (QED) is 0.532. The van der Waals surface area contributed by atoms with E-state index in [4.69, 9.17) is 0 Å². The molecule has 0 N–H and O–H groups in total. The summed E-state index contributed by atoms with van der Waals surface area (Å²) in [5, 5.41) is 0. The molecule has 0 aliphatic heterocycles. The van der Waals surface area contributed by atoms with Crippen LogP contribution in [0.5, 0.6) is 0 Å². The lowest BCUT2D eigenvalue weighted by Crippen LogP contribution is -1.98. The van der Waals surface area contributed by atoms with Gasteiger partial charge < -0.3 is 9.30 Å². The van der Waals surface area contributed by atoms with E-state index in [1.54, 1.807) is 30.2 Å². The monoisotopic (exact) mass is 194 g/mol. The van der Waals surface area contributed by atoms with Crippen LogP contribution in [0, 0.1) is 0 Å². The van der Waals surface area contributed by atoms with Gasteiger partial charge in [0.2, 0.25) is 0 Å². The lowest BCUT2D eigenvalue weighted by Gasteiger charge is -1.91. The zero-order valence-electron chi connectivity index (χ0n) is 8.43. The van der Waals surface area contributed by atoms with Crippen LogP contribution in [0.2, 0.25) is 0 Å². The molecule has 1 aromatic rings. The third kappa shape index (κ3) is 4.92. The summed E-state index contributed by atoms with van der Waals surface area (Å²) in [6.07, 6.45) is 6.91. The second-order valence-corrected chi connectivity index (χ2v) is 2.46. The highest BCUT2D eigenvalue weighted by molar-refractivity contribution is 5.86. The second kappa shape index (κ2) is 6.65. The number of hydrogen-bond acceptors (Lipinski definition) is 3. The molecule has 0 amide bonds. The van der Waals surface area contributed by atoms with Crippen molar-refractivity contribution in [3.05, 3.63) is 37.5 Å². The van der Waals surface area contributed by atoms with E-state index in [-0.39, 0.29) is 5.97 Å². The Morgan fingerprint density at radius 3 is 2.43 bits per heavy atom. The van der Waals surface area contributed by atoms with Gasteiger partial charge in [0.1, 0.15) is 0 Å². The molecular weight excluding hydrogens is 180 g/mol. The van der Waals surface area contributed by atoms with Gasteiger partial charge in [0.05, 0.1) is 13.4 Å². The molecule has 1 rings (SSSR count). The number of hydrogen-bond donors (Lipinski definition) is 0. The van der Waals surface area contributed by atoms with Crippen LogP contribution < -0.4 is 0 Å². The molecule has 76 valence electrons. The summed E-state index contributed by atoms with van der Waals surface area (Å²) in [5.74, 6) is -0.347. The van der Waals surface area contributed by atoms with Gasteiger partial charge >= 0.3 is 5.97 Å². The van der Waals surface area contributed by atoms with Crippen LogP contribution in [0.3, 0.4) is 0 Å². The van der Waals surface area contributed by atoms with Crippen LogP contribution in [0.4, 0.5) is 0 Å². The first kappa shape index (κ1) is 12.2. The highest BCUT2D eigenvalue weighted by atomic mass is 16.5. The van der Waals surface area contributed by atoms with E-state index >= 15 is 0 Å². The van der Waals surface area contributed by atoms with Crippen molar-refractivity contribution in [1.82, 2.24) is 9.55 Å². The lowest BCUT2D eigenvalue weighted by molar-refractivity contribution is -0.136. The SMILES string of the molecule is C=C(C)C(=O)OC.C=Cn1ccnc1. The molecular formula is C10H14N2O2. The zero-order chi connectivity index (χ0) is 11.0. The first-order valence-corrected chi connectivity index (χ1v) is 3.95. The summed E-state index contributed by atoms with van der Waals surface area (Å²) in [5.41, 5.74) is 0.433. The van der Waals surface area contributed by atoms with Gasteiger partial charge in [-0.25, -0.2) is 9.78 Å². The number of esters is 1. The van der Waals surface area contributed by atoms with E-state index < -0.39 is 0 Å². The van der Waals surface area contributed by atoms with Gasteiger partial charge in [0.15, 0.2) is 0 Å². The molecule has 1 heterocycles. The van der Waals surface area contributed by atoms with Gasteiger partial charge in [-0.2, -0.15) is 0 Å². The summed E-state index contributed by atoms with van der Waals surface area (Å²) in [6.45, 7) is 8.48. The summed E-state index contributed by atoms with van der Waals surface area (Å²) >= 11 is 0. The predicted octanol–water partition coefficient (Wildman–Crippen LogP) is 1.72. The minimum Gasteiger partial charge on any atom is -0.466 e. The van der Waals surface area contributed by atoms with Crippen molar-refractivity contribution < 1.29 is 9.53 Å². The Morgan fingerprint density at radius 2 is 2.29 bits per heavy atom. The maximum absolute atomic E-state index is 10.2. The maximum Gasteiger partial charge on any atom is 0.332 e. The number of rotatable bonds is 2. The molecule has 4 heteroatoms. The maximum atomic E-state index is 10.2. The van der Waals surface area contributed by atoms with E-state index in [2.05, 4.69) is 22.9 Å². The first-order valence-electron chi connectivity index (χ1n) is 3.95. The number of aromatic nitrogens is 2. The normalized spacial score (nSPS) is 8.14. The van der Waals surface area contributed by atoms with Crippen molar-refractivity contribution in [3.63, 3.8) is 0 Å². The predicted molar refractivity (Wildman–Crippen MR) is 55.4 cm³/mol. The number of nitrogens with zero attached hydrogens (tertiary/aromatic N) is 2. The molecule has 4 nitrogen and oxygen atoms in total. The van der Waals surface area contributed by atoms with Crippen molar-refractivity contribution in [2.75, 3.05) is 7.11 Å². The van der Waals surface area contributed by atoms with E-state index in [1.165, 1.54) is 7.11 Å². The first-order chi connectivity index (χ1) is 6.61. The molecule has 0 aliphatic carbocycles. The second-order valence-electron chi connectivity index (χ2n) is 2.46. The standard InChI is InChI=1S/C5H6N2.C5H8O2/c1-2-7-4-3-6-5-7;1-4(2)5(6)7-3/h2-5H,1H2;1H2,2-3H3. The summed E-state index contributed by atoms with van der Waals surface area (Å²) in [6, 6.07) is 0. The Hall–Kier alpha value is -1.84. The summed E-state index contributed by atoms with van der Waals surface area (Å²) in [4.78, 5) is 14.0. The van der Waals surface area contributed by atoms with Crippen LogP contribution in [-0.2, 0) is 9.53 Å². The molecule has 0 saturated carbocycles. The fraction of sp³-hybridized carbons (Fsp3) is 0.200. The summed E-state index contributed by atoms with van der Waals surface area (Å²) in [7, 11) is 1.33. The number of carbonyl (C=O) groups is 1. The van der Waals surface area contributed by atoms with Crippen molar-refractivity contribution in [2.24, 2.45) is 0 Å². The van der Waals surface area contributed by atoms with Gasteiger partial charge in [-0.05, 0) is 6.92 Å². The van der Waals surface area contributed by atoms with E-state index in [1.807, 2.05) is 6.20 Å². The molecule has 0 saturated heterocycles. The average molecular weight is 194 g/mol. The molecule has 0 aromatic carbocycles. The topological polar surface area (TPSA) is 44.1 Å². The van der Waals surface area contributed by atoms with Crippen LogP contribution in [-0.4, -0.2) is 22.6 Å². The minimum atomic E-state index is -0.347. The van der Waals surface area contributed by atoms with Crippen molar-refractivity contribution in [2.45, 2.75) is 6.92 Å².